The van der Waals surface area contributed by atoms with Crippen molar-refractivity contribution in [2.24, 2.45) is 44.8 Å². The number of aryl methyl sites for hydroxylation is 2. The van der Waals surface area contributed by atoms with Gasteiger partial charge < -0.3 is 18.6 Å². The molecule has 2 aromatic carbocycles. The second-order valence-electron chi connectivity index (χ2n) is 16.3. The number of rotatable bonds is 4. The molecule has 6 aliphatic carbocycles. The standard InChI is InChI=1S/C20H25NO4S.C18H25NO4S/c1-3-12-10-16-13(11-18(12)25-26(21,23)24)4-5-15-14(16)8-9-20(2)17(15)6-7-19(20)22;1-18-9-8-14-13-5-3-12(23-24(19,21)22)10-11(13)2-4-15(14)16(18)6-7-17(18)20/h1,10-11,14-15,17,19,22H,4-9H2,2H3,(H2,21,23,24);3,5,10,14-17,20H,2,4,6-9H2,1H3,(H2,19,21,22)/t14-,15+,17-,19-,20-;14?,15?,16?,17-,18-/m00/s1. The molecule has 0 heterocycles. The molecule has 0 bridgehead atoms. The van der Waals surface area contributed by atoms with Crippen LogP contribution in [0.4, 0.5) is 0 Å². The molecule has 8 rings (SSSR count). The first-order valence-corrected chi connectivity index (χ1v) is 21.0. The van der Waals surface area contributed by atoms with Gasteiger partial charge in [0.05, 0.1) is 17.8 Å². The van der Waals surface area contributed by atoms with E-state index >= 15 is 0 Å². The minimum Gasteiger partial charge on any atom is -0.393 e. The van der Waals surface area contributed by atoms with E-state index in [1.54, 1.807) is 12.1 Å². The van der Waals surface area contributed by atoms with Crippen LogP contribution in [0.5, 0.6) is 11.5 Å². The van der Waals surface area contributed by atoms with Crippen LogP contribution in [0.1, 0.15) is 118 Å². The Morgan fingerprint density at radius 2 is 1.24 bits per heavy atom. The van der Waals surface area contributed by atoms with Gasteiger partial charge in [-0.1, -0.05) is 25.8 Å². The number of benzene rings is 2. The zero-order valence-electron chi connectivity index (χ0n) is 28.9. The van der Waals surface area contributed by atoms with Crippen molar-refractivity contribution in [1.82, 2.24) is 0 Å². The maximum Gasteiger partial charge on any atom is 0.380 e. The number of nitrogens with two attached hydrogens (primary N) is 2. The molecule has 0 amide bonds. The van der Waals surface area contributed by atoms with Crippen LogP contribution in [0.2, 0.25) is 0 Å². The second kappa shape index (κ2) is 12.8. The summed E-state index contributed by atoms with van der Waals surface area (Å²) in [5.74, 6) is 6.22. The van der Waals surface area contributed by atoms with Crippen molar-refractivity contribution in [3.63, 3.8) is 0 Å². The first-order chi connectivity index (χ1) is 23.5. The Balaban J connectivity index is 0.000000157. The number of hydrogen-bond acceptors (Lipinski definition) is 8. The lowest BCUT2D eigenvalue weighted by Gasteiger charge is -2.50. The smallest absolute Gasteiger partial charge is 0.380 e. The van der Waals surface area contributed by atoms with Gasteiger partial charge in [0.25, 0.3) is 0 Å². The normalized spacial score (nSPS) is 36.9. The van der Waals surface area contributed by atoms with Crippen LogP contribution >= 0.6 is 0 Å². The molecule has 2 aromatic rings. The van der Waals surface area contributed by atoms with Crippen molar-refractivity contribution in [2.75, 3.05) is 0 Å². The number of aliphatic hydroxyl groups excluding tert-OH is 2. The van der Waals surface area contributed by atoms with Crippen molar-refractivity contribution >= 4 is 20.6 Å². The maximum atomic E-state index is 11.3. The average molecular weight is 727 g/mol. The van der Waals surface area contributed by atoms with E-state index in [0.29, 0.717) is 46.8 Å². The van der Waals surface area contributed by atoms with Crippen LogP contribution in [-0.2, 0) is 33.4 Å². The van der Waals surface area contributed by atoms with Gasteiger partial charge >= 0.3 is 20.6 Å². The maximum absolute atomic E-state index is 11.3. The monoisotopic (exact) mass is 726 g/mol. The molecule has 0 aromatic heterocycles. The summed E-state index contributed by atoms with van der Waals surface area (Å²) in [5, 5.41) is 30.9. The minimum atomic E-state index is -4.11. The van der Waals surface area contributed by atoms with Crippen LogP contribution in [0, 0.1) is 46.8 Å². The molecule has 10 atom stereocenters. The largest absolute Gasteiger partial charge is 0.393 e. The summed E-state index contributed by atoms with van der Waals surface area (Å²) in [7, 11) is -8.09. The van der Waals surface area contributed by atoms with E-state index in [-0.39, 0.29) is 28.8 Å². The van der Waals surface area contributed by atoms with Gasteiger partial charge in [0.15, 0.2) is 5.75 Å². The summed E-state index contributed by atoms with van der Waals surface area (Å²) in [6.45, 7) is 4.51. The van der Waals surface area contributed by atoms with Gasteiger partial charge in [-0.3, -0.25) is 0 Å². The van der Waals surface area contributed by atoms with Gasteiger partial charge in [-0.05, 0) is 170 Å². The Hall–Kier alpha value is -2.66. The highest BCUT2D eigenvalue weighted by Crippen LogP contribution is 2.62. The summed E-state index contributed by atoms with van der Waals surface area (Å²) in [6.07, 6.45) is 17.4. The zero-order valence-corrected chi connectivity index (χ0v) is 30.5. The van der Waals surface area contributed by atoms with Crippen LogP contribution < -0.4 is 18.6 Å². The third kappa shape index (κ3) is 6.37. The van der Waals surface area contributed by atoms with E-state index in [9.17, 15) is 27.0 Å². The molecule has 50 heavy (non-hydrogen) atoms. The molecule has 0 radical (unpaired) electrons. The SMILES string of the molecule is C#Cc1cc2c(cc1OS(N)(=O)=O)CC[C@@H]1[C@@H]2CC[C@]2(C)[C@@H](O)CC[C@@H]12.C[C@]12CCC3c4ccc(OS(N)(=O)=O)cc4CCC3C1CC[C@@H]2O. The number of terminal acetylenes is 1. The summed E-state index contributed by atoms with van der Waals surface area (Å²) in [5.41, 5.74) is 5.37. The molecule has 12 heteroatoms. The van der Waals surface area contributed by atoms with Crippen LogP contribution in [-0.4, -0.2) is 39.3 Å². The lowest BCUT2D eigenvalue weighted by atomic mass is 9.55. The Kier molecular flexibility index (Phi) is 9.13. The van der Waals surface area contributed by atoms with Gasteiger partial charge in [0.2, 0.25) is 0 Å². The summed E-state index contributed by atoms with van der Waals surface area (Å²) >= 11 is 0. The van der Waals surface area contributed by atoms with Gasteiger partial charge in [-0.15, -0.1) is 6.42 Å². The van der Waals surface area contributed by atoms with Crippen molar-refractivity contribution in [3.8, 4) is 23.8 Å². The van der Waals surface area contributed by atoms with Gasteiger partial charge in [0.1, 0.15) is 5.75 Å². The Bertz CT molecular complexity index is 1930. The van der Waals surface area contributed by atoms with Gasteiger partial charge in [-0.2, -0.15) is 27.1 Å². The van der Waals surface area contributed by atoms with Gasteiger partial charge in [-0.25, -0.2) is 0 Å². The van der Waals surface area contributed by atoms with Crippen LogP contribution in [0.15, 0.2) is 30.3 Å². The van der Waals surface area contributed by atoms with Crippen molar-refractivity contribution in [2.45, 2.75) is 115 Å². The Labute approximate surface area is 296 Å². The lowest BCUT2D eigenvalue weighted by Crippen LogP contribution is -2.43. The Morgan fingerprint density at radius 3 is 1.76 bits per heavy atom. The molecular formula is C38H50N2O8S2. The van der Waals surface area contributed by atoms with Gasteiger partial charge in [0, 0.05) is 0 Å². The summed E-state index contributed by atoms with van der Waals surface area (Å²) in [4.78, 5) is 0. The highest BCUT2D eigenvalue weighted by Gasteiger charge is 2.55. The summed E-state index contributed by atoms with van der Waals surface area (Å²) < 4.78 is 54.6. The highest BCUT2D eigenvalue weighted by atomic mass is 32.2. The number of hydrogen-bond donors (Lipinski definition) is 4. The molecule has 6 N–H and O–H groups in total. The van der Waals surface area contributed by atoms with E-state index < -0.39 is 20.6 Å². The molecule has 6 aliphatic rings. The van der Waals surface area contributed by atoms with E-state index in [2.05, 4.69) is 19.8 Å². The quantitative estimate of drug-likeness (QED) is 0.320. The molecule has 10 nitrogen and oxygen atoms in total. The van der Waals surface area contributed by atoms with Crippen LogP contribution in [0.25, 0.3) is 0 Å². The topological polar surface area (TPSA) is 179 Å². The zero-order chi connectivity index (χ0) is 35.8. The minimum absolute atomic E-state index is 0.0320. The second-order valence-corrected chi connectivity index (χ2v) is 18.6. The molecular weight excluding hydrogens is 677 g/mol. The number of aliphatic hydroxyl groups is 2. The predicted octanol–water partition coefficient (Wildman–Crippen LogP) is 4.95. The number of fused-ring (bicyclic) bond motifs is 10. The molecule has 3 unspecified atom stereocenters. The van der Waals surface area contributed by atoms with E-state index in [1.807, 2.05) is 18.2 Å². The van der Waals surface area contributed by atoms with Crippen molar-refractivity contribution < 1.29 is 35.4 Å². The van der Waals surface area contributed by atoms with Crippen molar-refractivity contribution in [3.05, 3.63) is 58.1 Å². The summed E-state index contributed by atoms with van der Waals surface area (Å²) in [6, 6.07) is 9.22. The van der Waals surface area contributed by atoms with E-state index in [4.69, 9.17) is 25.1 Å². The lowest BCUT2D eigenvalue weighted by molar-refractivity contribution is -0.0226. The molecule has 4 saturated carbocycles. The molecule has 0 aliphatic heterocycles. The van der Waals surface area contributed by atoms with Crippen molar-refractivity contribution in [1.29, 1.82) is 0 Å². The molecule has 0 spiro atoms. The first kappa shape index (κ1) is 35.7. The first-order valence-electron chi connectivity index (χ1n) is 18.1. The molecule has 4 fully saturated rings. The van der Waals surface area contributed by atoms with E-state index in [0.717, 1.165) is 82.6 Å². The Morgan fingerprint density at radius 1 is 0.720 bits per heavy atom. The third-order valence-corrected chi connectivity index (χ3v) is 14.8. The van der Waals surface area contributed by atoms with E-state index in [1.165, 1.54) is 16.7 Å². The average Bonchev–Trinajstić information content (AvgIpc) is 3.53. The third-order valence-electron chi connectivity index (χ3n) is 14.0. The highest BCUT2D eigenvalue weighted by molar-refractivity contribution is 7.85. The predicted molar refractivity (Wildman–Crippen MR) is 190 cm³/mol. The fourth-order valence-corrected chi connectivity index (χ4v) is 12.4. The van der Waals surface area contributed by atoms with Crippen LogP contribution in [0.3, 0.4) is 0 Å². The fraction of sp³-hybridized carbons (Fsp3) is 0.632. The molecule has 0 saturated heterocycles. The molecule has 272 valence electrons. The fourth-order valence-electron chi connectivity index (χ4n) is 11.6.